The lowest BCUT2D eigenvalue weighted by Crippen LogP contribution is -1.73. The molecule has 0 amide bonds. The Morgan fingerprint density at radius 2 is 1.14 bits per heavy atom. The van der Waals surface area contributed by atoms with E-state index < -0.39 is 0 Å². The first-order valence-electron chi connectivity index (χ1n) is 4.60. The average molecular weight is 198 g/mol. The quantitative estimate of drug-likeness (QED) is 0.482. The summed E-state index contributed by atoms with van der Waals surface area (Å²) < 4.78 is 0. The van der Waals surface area contributed by atoms with E-state index in [4.69, 9.17) is 0 Å². The van der Waals surface area contributed by atoms with Gasteiger partial charge in [0.25, 0.3) is 0 Å². The second-order valence-corrected chi connectivity index (χ2v) is 5.04. The SMILES string of the molecule is C=S1c2ccccc2-c2ccccc21. The molecule has 0 N–H and O–H groups in total. The van der Waals surface area contributed by atoms with Gasteiger partial charge < -0.3 is 0 Å². The standard InChI is InChI=1S/C13H10S/c1-14-12-8-4-2-6-10(12)11-7-3-5-9-13(11)14/h2-9H,1H2. The van der Waals surface area contributed by atoms with E-state index in [1.165, 1.54) is 20.9 Å². The predicted octanol–water partition coefficient (Wildman–Crippen LogP) is 3.79. The van der Waals surface area contributed by atoms with Crippen LogP contribution in [-0.4, -0.2) is 5.87 Å². The highest BCUT2D eigenvalue weighted by atomic mass is 32.2. The lowest BCUT2D eigenvalue weighted by Gasteiger charge is -1.98. The molecule has 0 aromatic heterocycles. The maximum atomic E-state index is 4.25. The van der Waals surface area contributed by atoms with Crippen LogP contribution in [0.3, 0.4) is 0 Å². The Morgan fingerprint density at radius 1 is 0.714 bits per heavy atom. The summed E-state index contributed by atoms with van der Waals surface area (Å²) in [5, 5.41) is 0. The van der Waals surface area contributed by atoms with Crippen LogP contribution >= 0.6 is 10.5 Å². The van der Waals surface area contributed by atoms with E-state index in [9.17, 15) is 0 Å². The molecule has 0 unspecified atom stereocenters. The smallest absolute Gasteiger partial charge is 0.0135 e. The van der Waals surface area contributed by atoms with Crippen LogP contribution in [0.15, 0.2) is 58.3 Å². The van der Waals surface area contributed by atoms with Crippen molar-refractivity contribution in [3.63, 3.8) is 0 Å². The summed E-state index contributed by atoms with van der Waals surface area (Å²) in [6.07, 6.45) is 0. The summed E-state index contributed by atoms with van der Waals surface area (Å²) in [7, 11) is 0.0273. The molecule has 0 radical (unpaired) electrons. The third-order valence-corrected chi connectivity index (χ3v) is 4.37. The molecular formula is C13H10S. The lowest BCUT2D eigenvalue weighted by atomic mass is 10.1. The number of fused-ring (bicyclic) bond motifs is 3. The van der Waals surface area contributed by atoms with Crippen molar-refractivity contribution in [2.45, 2.75) is 9.79 Å². The van der Waals surface area contributed by atoms with E-state index >= 15 is 0 Å². The lowest BCUT2D eigenvalue weighted by molar-refractivity contribution is 1.45. The van der Waals surface area contributed by atoms with Gasteiger partial charge in [0.15, 0.2) is 0 Å². The van der Waals surface area contributed by atoms with Crippen LogP contribution in [0.25, 0.3) is 11.1 Å². The Kier molecular flexibility index (Phi) is 1.62. The predicted molar refractivity (Wildman–Crippen MR) is 63.1 cm³/mol. The molecular weight excluding hydrogens is 188 g/mol. The first-order chi connectivity index (χ1) is 6.88. The van der Waals surface area contributed by atoms with Gasteiger partial charge in [0.1, 0.15) is 0 Å². The average Bonchev–Trinajstić information content (AvgIpc) is 2.55. The summed E-state index contributed by atoms with van der Waals surface area (Å²) in [5.74, 6) is 4.25. The van der Waals surface area contributed by atoms with Crippen LogP contribution < -0.4 is 0 Å². The first-order valence-corrected chi connectivity index (χ1v) is 6.00. The molecule has 0 atom stereocenters. The summed E-state index contributed by atoms with van der Waals surface area (Å²) in [4.78, 5) is 2.77. The first kappa shape index (κ1) is 8.01. The number of benzene rings is 2. The maximum Gasteiger partial charge on any atom is 0.0135 e. The minimum Gasteiger partial charge on any atom is -0.129 e. The Morgan fingerprint density at radius 3 is 1.64 bits per heavy atom. The molecule has 0 fully saturated rings. The second kappa shape index (κ2) is 2.82. The van der Waals surface area contributed by atoms with Gasteiger partial charge in [-0.2, -0.15) is 0 Å². The zero-order valence-electron chi connectivity index (χ0n) is 7.73. The molecule has 1 aliphatic heterocycles. The number of hydrogen-bond donors (Lipinski definition) is 0. The Hall–Kier alpha value is -1.34. The van der Waals surface area contributed by atoms with E-state index in [1.807, 2.05) is 0 Å². The van der Waals surface area contributed by atoms with Crippen molar-refractivity contribution in [3.8, 4) is 11.1 Å². The van der Waals surface area contributed by atoms with Crippen LogP contribution in [0, 0.1) is 0 Å². The van der Waals surface area contributed by atoms with Crippen LogP contribution in [0.4, 0.5) is 0 Å². The fourth-order valence-electron chi connectivity index (χ4n) is 1.93. The van der Waals surface area contributed by atoms with Crippen LogP contribution in [0.1, 0.15) is 0 Å². The Bertz CT molecular complexity index is 479. The minimum atomic E-state index is 0.0273. The topological polar surface area (TPSA) is 0 Å². The zero-order valence-corrected chi connectivity index (χ0v) is 8.55. The van der Waals surface area contributed by atoms with Gasteiger partial charge in [-0.05, 0) is 23.3 Å². The fraction of sp³-hybridized carbons (Fsp3) is 0. The molecule has 0 saturated carbocycles. The van der Waals surface area contributed by atoms with Gasteiger partial charge in [-0.15, -0.1) is 10.5 Å². The van der Waals surface area contributed by atoms with Gasteiger partial charge in [-0.3, -0.25) is 0 Å². The molecule has 2 aromatic rings. The molecule has 3 rings (SSSR count). The van der Waals surface area contributed by atoms with E-state index in [0.717, 1.165) is 0 Å². The largest absolute Gasteiger partial charge is 0.129 e. The van der Waals surface area contributed by atoms with E-state index in [2.05, 4.69) is 54.4 Å². The van der Waals surface area contributed by atoms with Crippen molar-refractivity contribution in [1.29, 1.82) is 0 Å². The normalized spacial score (nSPS) is 13.7. The van der Waals surface area contributed by atoms with Crippen molar-refractivity contribution < 1.29 is 0 Å². The number of rotatable bonds is 0. The third kappa shape index (κ3) is 0.933. The summed E-state index contributed by atoms with van der Waals surface area (Å²) >= 11 is 0. The van der Waals surface area contributed by atoms with Gasteiger partial charge in [0.2, 0.25) is 0 Å². The molecule has 0 spiro atoms. The van der Waals surface area contributed by atoms with Crippen LogP contribution in [-0.2, 0) is 0 Å². The van der Waals surface area contributed by atoms with Crippen molar-refractivity contribution >= 4 is 16.4 Å². The highest BCUT2D eigenvalue weighted by Crippen LogP contribution is 2.50. The van der Waals surface area contributed by atoms with Crippen molar-refractivity contribution in [3.05, 3.63) is 48.5 Å². The van der Waals surface area contributed by atoms with Gasteiger partial charge in [0.05, 0.1) is 0 Å². The van der Waals surface area contributed by atoms with Crippen molar-refractivity contribution in [2.24, 2.45) is 0 Å². The Labute approximate surface area is 86.1 Å². The molecule has 14 heavy (non-hydrogen) atoms. The summed E-state index contributed by atoms with van der Waals surface area (Å²) in [6, 6.07) is 17.1. The highest BCUT2D eigenvalue weighted by Gasteiger charge is 2.19. The van der Waals surface area contributed by atoms with E-state index in [1.54, 1.807) is 0 Å². The van der Waals surface area contributed by atoms with Gasteiger partial charge in [-0.1, -0.05) is 42.3 Å². The second-order valence-electron chi connectivity index (χ2n) is 3.38. The monoisotopic (exact) mass is 198 g/mol. The Balaban J connectivity index is 2.42. The molecule has 0 nitrogen and oxygen atoms in total. The molecule has 1 heterocycles. The van der Waals surface area contributed by atoms with E-state index in [-0.39, 0.29) is 10.5 Å². The molecule has 1 heteroatoms. The molecule has 68 valence electrons. The highest BCUT2D eigenvalue weighted by molar-refractivity contribution is 8.14. The molecule has 0 aliphatic carbocycles. The zero-order chi connectivity index (χ0) is 9.54. The summed E-state index contributed by atoms with van der Waals surface area (Å²) in [6.45, 7) is 0. The minimum absolute atomic E-state index is 0.0273. The van der Waals surface area contributed by atoms with Crippen molar-refractivity contribution in [1.82, 2.24) is 0 Å². The van der Waals surface area contributed by atoms with Crippen molar-refractivity contribution in [2.75, 3.05) is 0 Å². The van der Waals surface area contributed by atoms with Gasteiger partial charge >= 0.3 is 0 Å². The molecule has 1 aliphatic rings. The third-order valence-electron chi connectivity index (χ3n) is 2.60. The maximum absolute atomic E-state index is 4.25. The number of hydrogen-bond acceptors (Lipinski definition) is 0. The van der Waals surface area contributed by atoms with Gasteiger partial charge in [-0.25, -0.2) is 0 Å². The molecule has 0 bridgehead atoms. The van der Waals surface area contributed by atoms with Gasteiger partial charge in [0, 0.05) is 9.79 Å². The van der Waals surface area contributed by atoms with E-state index in [0.29, 0.717) is 0 Å². The fourth-order valence-corrected chi connectivity index (χ4v) is 3.54. The van der Waals surface area contributed by atoms with Crippen LogP contribution in [0.5, 0.6) is 0 Å². The molecule has 0 saturated heterocycles. The van der Waals surface area contributed by atoms with Crippen LogP contribution in [0.2, 0.25) is 0 Å². The molecule has 2 aromatic carbocycles. The summed E-state index contributed by atoms with van der Waals surface area (Å²) in [5.41, 5.74) is 2.72.